The molecule has 0 spiro atoms. The van der Waals surface area contributed by atoms with Crippen LogP contribution in [-0.2, 0) is 9.47 Å². The van der Waals surface area contributed by atoms with Crippen LogP contribution in [0.1, 0.15) is 27.2 Å². The minimum Gasteiger partial charge on any atom is -0.444 e. The number of nitrogens with zero attached hydrogens (tertiary/aromatic N) is 1. The maximum Gasteiger partial charge on any atom is 0.410 e. The fraction of sp³-hybridized carbons (Fsp3) is 0.917. The van der Waals surface area contributed by atoms with Gasteiger partial charge in [-0.2, -0.15) is 0 Å². The minimum atomic E-state index is -0.451. The zero-order chi connectivity index (χ0) is 13.1. The molecule has 0 radical (unpaired) electrons. The van der Waals surface area contributed by atoms with E-state index in [1.165, 1.54) is 0 Å². The summed E-state index contributed by atoms with van der Waals surface area (Å²) in [5, 5.41) is 0. The van der Waals surface area contributed by atoms with Crippen LogP contribution >= 0.6 is 0 Å². The molecule has 1 amide bonds. The van der Waals surface area contributed by atoms with Gasteiger partial charge in [0.25, 0.3) is 0 Å². The molecule has 5 heteroatoms. The van der Waals surface area contributed by atoms with Gasteiger partial charge in [-0.15, -0.1) is 0 Å². The van der Waals surface area contributed by atoms with E-state index in [4.69, 9.17) is 15.2 Å². The number of likely N-dealkylation sites (tertiary alicyclic amines) is 1. The summed E-state index contributed by atoms with van der Waals surface area (Å²) < 4.78 is 10.5. The van der Waals surface area contributed by atoms with Gasteiger partial charge in [-0.1, -0.05) is 0 Å². The van der Waals surface area contributed by atoms with Crippen molar-refractivity contribution in [3.05, 3.63) is 0 Å². The minimum absolute atomic E-state index is 0.105. The topological polar surface area (TPSA) is 64.8 Å². The van der Waals surface area contributed by atoms with Gasteiger partial charge in [0.2, 0.25) is 0 Å². The summed E-state index contributed by atoms with van der Waals surface area (Å²) in [4.78, 5) is 13.6. The van der Waals surface area contributed by atoms with Crippen LogP contribution in [0.4, 0.5) is 4.79 Å². The summed E-state index contributed by atoms with van der Waals surface area (Å²) in [6.45, 7) is 7.47. The Hall–Kier alpha value is -0.810. The largest absolute Gasteiger partial charge is 0.444 e. The molecule has 0 saturated carbocycles. The van der Waals surface area contributed by atoms with Crippen LogP contribution in [0.5, 0.6) is 0 Å². The van der Waals surface area contributed by atoms with Crippen LogP contribution in [-0.4, -0.2) is 49.4 Å². The predicted octanol–water partition coefficient (Wildman–Crippen LogP) is 1.22. The van der Waals surface area contributed by atoms with E-state index in [1.54, 1.807) is 12.0 Å². The van der Waals surface area contributed by atoms with Crippen LogP contribution in [0.25, 0.3) is 0 Å². The molecule has 2 atom stereocenters. The molecule has 0 aromatic rings. The number of hydrogen-bond acceptors (Lipinski definition) is 4. The van der Waals surface area contributed by atoms with Gasteiger partial charge in [-0.3, -0.25) is 0 Å². The first-order valence-electron chi connectivity index (χ1n) is 6.06. The number of nitrogens with two attached hydrogens (primary N) is 1. The molecule has 0 aromatic heterocycles. The van der Waals surface area contributed by atoms with Crippen LogP contribution in [0, 0.1) is 5.92 Å². The van der Waals surface area contributed by atoms with Crippen molar-refractivity contribution in [3.8, 4) is 0 Å². The first-order valence-corrected chi connectivity index (χ1v) is 6.06. The van der Waals surface area contributed by atoms with Gasteiger partial charge in [-0.25, -0.2) is 4.79 Å². The molecule has 17 heavy (non-hydrogen) atoms. The van der Waals surface area contributed by atoms with Crippen LogP contribution in [0.15, 0.2) is 0 Å². The molecule has 2 N–H and O–H groups in total. The molecule has 1 fully saturated rings. The second-order valence-corrected chi connectivity index (χ2v) is 5.59. The molecule has 100 valence electrons. The fourth-order valence-electron chi connectivity index (χ4n) is 1.93. The van der Waals surface area contributed by atoms with Crippen molar-refractivity contribution >= 4 is 6.09 Å². The number of methoxy groups -OCH3 is 1. The third kappa shape index (κ3) is 4.52. The Balaban J connectivity index is 2.52. The monoisotopic (exact) mass is 244 g/mol. The summed E-state index contributed by atoms with van der Waals surface area (Å²) in [6, 6.07) is 0.105. The summed E-state index contributed by atoms with van der Waals surface area (Å²) in [5.41, 5.74) is 5.54. The van der Waals surface area contributed by atoms with Crippen molar-refractivity contribution in [1.29, 1.82) is 0 Å². The third-order valence-electron chi connectivity index (χ3n) is 2.83. The van der Waals surface area contributed by atoms with Crippen LogP contribution in [0.3, 0.4) is 0 Å². The zero-order valence-electron chi connectivity index (χ0n) is 11.2. The second-order valence-electron chi connectivity index (χ2n) is 5.59. The number of rotatable bonds is 2. The summed E-state index contributed by atoms with van der Waals surface area (Å²) in [5.74, 6) is 0.196. The highest BCUT2D eigenvalue weighted by Crippen LogP contribution is 2.18. The van der Waals surface area contributed by atoms with Gasteiger partial charge >= 0.3 is 6.09 Å². The van der Waals surface area contributed by atoms with Gasteiger partial charge in [0.1, 0.15) is 5.60 Å². The lowest BCUT2D eigenvalue weighted by Gasteiger charge is -2.37. The number of amides is 1. The molecule has 1 heterocycles. The molecule has 1 saturated heterocycles. The normalized spacial score (nSPS) is 25.8. The van der Waals surface area contributed by atoms with E-state index in [9.17, 15) is 4.79 Å². The van der Waals surface area contributed by atoms with Gasteiger partial charge in [0.05, 0.1) is 6.61 Å². The molecule has 5 nitrogen and oxygen atoms in total. The van der Waals surface area contributed by atoms with Crippen molar-refractivity contribution in [3.63, 3.8) is 0 Å². The Kier molecular flexibility index (Phi) is 4.77. The third-order valence-corrected chi connectivity index (χ3v) is 2.83. The molecule has 0 aliphatic carbocycles. The molecule has 1 aliphatic rings. The quantitative estimate of drug-likeness (QED) is 0.793. The maximum atomic E-state index is 11.9. The Labute approximate surface area is 103 Å². The Morgan fingerprint density at radius 3 is 2.65 bits per heavy atom. The summed E-state index contributed by atoms with van der Waals surface area (Å²) in [6.07, 6.45) is 0.540. The van der Waals surface area contributed by atoms with E-state index in [1.807, 2.05) is 20.8 Å². The van der Waals surface area contributed by atoms with Gasteiger partial charge < -0.3 is 20.1 Å². The lowest BCUT2D eigenvalue weighted by Crippen LogP contribution is -2.51. The molecule has 0 bridgehead atoms. The van der Waals surface area contributed by atoms with E-state index in [2.05, 4.69) is 0 Å². The van der Waals surface area contributed by atoms with Gasteiger partial charge in [0.15, 0.2) is 0 Å². The number of hydrogen-bond donors (Lipinski definition) is 1. The first-order chi connectivity index (χ1) is 7.83. The summed E-state index contributed by atoms with van der Waals surface area (Å²) in [7, 11) is 1.65. The highest BCUT2D eigenvalue weighted by atomic mass is 16.6. The van der Waals surface area contributed by atoms with E-state index >= 15 is 0 Å². The van der Waals surface area contributed by atoms with Gasteiger partial charge in [-0.05, 0) is 27.2 Å². The SMILES string of the molecule is COCC1CN(C(=O)OC(C)(C)C)CCC1N. The molecule has 1 rings (SSSR count). The molecule has 2 unspecified atom stereocenters. The van der Waals surface area contributed by atoms with E-state index < -0.39 is 5.60 Å². The zero-order valence-corrected chi connectivity index (χ0v) is 11.2. The van der Waals surface area contributed by atoms with Crippen molar-refractivity contribution in [2.24, 2.45) is 11.7 Å². The predicted molar refractivity (Wildman–Crippen MR) is 65.8 cm³/mol. The van der Waals surface area contributed by atoms with Crippen LogP contribution < -0.4 is 5.73 Å². The van der Waals surface area contributed by atoms with E-state index in [0.29, 0.717) is 19.7 Å². The molecule has 1 aliphatic heterocycles. The van der Waals surface area contributed by atoms with E-state index in [-0.39, 0.29) is 18.1 Å². The highest BCUT2D eigenvalue weighted by molar-refractivity contribution is 5.68. The average molecular weight is 244 g/mol. The Morgan fingerprint density at radius 2 is 2.12 bits per heavy atom. The number of piperidine rings is 1. The van der Waals surface area contributed by atoms with Crippen molar-refractivity contribution < 1.29 is 14.3 Å². The Morgan fingerprint density at radius 1 is 1.47 bits per heavy atom. The standard InChI is InChI=1S/C12H24N2O3/c1-12(2,3)17-11(15)14-6-5-10(13)9(7-14)8-16-4/h9-10H,5-8,13H2,1-4H3. The number of carbonyl (C=O) groups excluding carboxylic acids is 1. The Bertz CT molecular complexity index is 263. The smallest absolute Gasteiger partial charge is 0.410 e. The average Bonchev–Trinajstić information content (AvgIpc) is 2.19. The van der Waals surface area contributed by atoms with E-state index in [0.717, 1.165) is 6.42 Å². The second kappa shape index (κ2) is 5.69. The maximum absolute atomic E-state index is 11.9. The fourth-order valence-corrected chi connectivity index (χ4v) is 1.93. The van der Waals surface area contributed by atoms with Crippen molar-refractivity contribution in [2.45, 2.75) is 38.8 Å². The van der Waals surface area contributed by atoms with Crippen LogP contribution in [0.2, 0.25) is 0 Å². The number of carbonyl (C=O) groups is 1. The lowest BCUT2D eigenvalue weighted by atomic mass is 9.94. The lowest BCUT2D eigenvalue weighted by molar-refractivity contribution is 0.00798. The highest BCUT2D eigenvalue weighted by Gasteiger charge is 2.31. The first kappa shape index (κ1) is 14.3. The van der Waals surface area contributed by atoms with Crippen molar-refractivity contribution in [1.82, 2.24) is 4.90 Å². The molecular weight excluding hydrogens is 220 g/mol. The summed E-state index contributed by atoms with van der Waals surface area (Å²) >= 11 is 0. The number of ether oxygens (including phenoxy) is 2. The van der Waals surface area contributed by atoms with Gasteiger partial charge in [0, 0.05) is 32.2 Å². The molecular formula is C12H24N2O3. The van der Waals surface area contributed by atoms with Crippen molar-refractivity contribution in [2.75, 3.05) is 26.8 Å². The molecule has 0 aromatic carbocycles.